The number of aromatic nitrogens is 2. The zero-order valence-electron chi connectivity index (χ0n) is 12.1. The average molecular weight is 295 g/mol. The quantitative estimate of drug-likeness (QED) is 0.868. The normalized spacial score (nSPS) is 13.8. The minimum absolute atomic E-state index is 0.106. The summed E-state index contributed by atoms with van der Waals surface area (Å²) in [7, 11) is -1.04. The highest BCUT2D eigenvalue weighted by atomic mass is 32.2. The second-order valence-corrected chi connectivity index (χ2v) is 7.31. The average Bonchev–Trinajstić information content (AvgIpc) is 2.65. The van der Waals surface area contributed by atoms with E-state index in [-0.39, 0.29) is 11.8 Å². The maximum atomic E-state index is 11.5. The Kier molecular flexibility index (Phi) is 4.45. The van der Waals surface area contributed by atoms with Gasteiger partial charge in [-0.25, -0.2) is 13.4 Å². The zero-order chi connectivity index (χ0) is 14.8. The number of likely N-dealkylation sites (N-methyl/N-ethyl adjacent to an activating group) is 1. The highest BCUT2D eigenvalue weighted by Gasteiger charge is 2.18. The van der Waals surface area contributed by atoms with Crippen LogP contribution in [-0.2, 0) is 23.3 Å². The molecular weight excluding hydrogens is 274 g/mol. The SMILES string of the molecule is CCNC(Cc1nc2ccccc2n1C)CS(C)(=O)=O. The second kappa shape index (κ2) is 5.93. The van der Waals surface area contributed by atoms with Crippen molar-refractivity contribution in [2.45, 2.75) is 19.4 Å². The summed E-state index contributed by atoms with van der Waals surface area (Å²) in [5.41, 5.74) is 2.01. The molecule has 2 rings (SSSR count). The van der Waals surface area contributed by atoms with Crippen molar-refractivity contribution in [3.63, 3.8) is 0 Å². The number of hydrogen-bond acceptors (Lipinski definition) is 4. The van der Waals surface area contributed by atoms with Crippen molar-refractivity contribution in [1.82, 2.24) is 14.9 Å². The molecule has 2 aromatic rings. The Morgan fingerprint density at radius 1 is 1.35 bits per heavy atom. The first-order valence-corrected chi connectivity index (χ1v) is 8.78. The number of nitrogens with one attached hydrogen (secondary N) is 1. The molecule has 0 radical (unpaired) electrons. The van der Waals surface area contributed by atoms with Crippen LogP contribution < -0.4 is 5.32 Å². The van der Waals surface area contributed by atoms with Gasteiger partial charge in [0, 0.05) is 25.8 Å². The summed E-state index contributed by atoms with van der Waals surface area (Å²) < 4.78 is 25.0. The molecule has 1 heterocycles. The number of nitrogens with zero attached hydrogens (tertiary/aromatic N) is 2. The van der Waals surface area contributed by atoms with E-state index in [0.29, 0.717) is 6.42 Å². The van der Waals surface area contributed by atoms with Crippen LogP contribution in [0.2, 0.25) is 0 Å². The molecule has 1 unspecified atom stereocenters. The zero-order valence-corrected chi connectivity index (χ0v) is 12.9. The number of para-hydroxylation sites is 2. The minimum Gasteiger partial charge on any atom is -0.331 e. The summed E-state index contributed by atoms with van der Waals surface area (Å²) in [6, 6.07) is 7.82. The van der Waals surface area contributed by atoms with E-state index in [1.165, 1.54) is 6.26 Å². The predicted octanol–water partition coefficient (Wildman–Crippen LogP) is 1.14. The van der Waals surface area contributed by atoms with Crippen molar-refractivity contribution in [1.29, 1.82) is 0 Å². The molecule has 1 N–H and O–H groups in total. The Balaban J connectivity index is 2.26. The van der Waals surface area contributed by atoms with Gasteiger partial charge in [0.15, 0.2) is 0 Å². The first kappa shape index (κ1) is 15.0. The third kappa shape index (κ3) is 3.58. The number of aryl methyl sites for hydroxylation is 1. The van der Waals surface area contributed by atoms with Crippen LogP contribution in [0, 0.1) is 0 Å². The monoisotopic (exact) mass is 295 g/mol. The summed E-state index contributed by atoms with van der Waals surface area (Å²) in [5.74, 6) is 1.03. The standard InChI is InChI=1S/C14H21N3O2S/c1-4-15-11(10-20(3,18)19)9-14-16-12-7-5-6-8-13(12)17(14)2/h5-8,11,15H,4,9-10H2,1-3H3. The van der Waals surface area contributed by atoms with Gasteiger partial charge < -0.3 is 9.88 Å². The molecule has 0 saturated heterocycles. The fraction of sp³-hybridized carbons (Fsp3) is 0.500. The van der Waals surface area contributed by atoms with Gasteiger partial charge in [0.05, 0.1) is 16.8 Å². The van der Waals surface area contributed by atoms with E-state index in [9.17, 15) is 8.42 Å². The van der Waals surface area contributed by atoms with Gasteiger partial charge in [0.1, 0.15) is 15.7 Å². The highest BCUT2D eigenvalue weighted by molar-refractivity contribution is 7.90. The van der Waals surface area contributed by atoms with Crippen LogP contribution in [0.25, 0.3) is 11.0 Å². The van der Waals surface area contributed by atoms with Gasteiger partial charge in [-0.15, -0.1) is 0 Å². The maximum absolute atomic E-state index is 11.5. The summed E-state index contributed by atoms with van der Waals surface area (Å²) in [5, 5.41) is 3.23. The molecule has 0 aliphatic rings. The number of imidazole rings is 1. The van der Waals surface area contributed by atoms with E-state index >= 15 is 0 Å². The summed E-state index contributed by atoms with van der Waals surface area (Å²) >= 11 is 0. The number of benzene rings is 1. The van der Waals surface area contributed by atoms with E-state index in [1.54, 1.807) is 0 Å². The molecule has 20 heavy (non-hydrogen) atoms. The van der Waals surface area contributed by atoms with Gasteiger partial charge in [-0.05, 0) is 18.7 Å². The molecule has 1 aromatic carbocycles. The summed E-state index contributed by atoms with van der Waals surface area (Å²) in [6.07, 6.45) is 1.87. The van der Waals surface area contributed by atoms with E-state index < -0.39 is 9.84 Å². The van der Waals surface area contributed by atoms with Crippen LogP contribution in [-0.4, -0.2) is 42.6 Å². The van der Waals surface area contributed by atoms with Gasteiger partial charge in [-0.3, -0.25) is 0 Å². The fourth-order valence-electron chi connectivity index (χ4n) is 2.44. The second-order valence-electron chi connectivity index (χ2n) is 5.13. The lowest BCUT2D eigenvalue weighted by Gasteiger charge is -2.16. The van der Waals surface area contributed by atoms with Gasteiger partial charge in [-0.2, -0.15) is 0 Å². The molecule has 0 fully saturated rings. The van der Waals surface area contributed by atoms with Crippen molar-refractivity contribution < 1.29 is 8.42 Å². The van der Waals surface area contributed by atoms with Gasteiger partial charge in [0.2, 0.25) is 0 Å². The largest absolute Gasteiger partial charge is 0.331 e. The van der Waals surface area contributed by atoms with E-state index in [1.807, 2.05) is 42.8 Å². The Morgan fingerprint density at radius 2 is 2.05 bits per heavy atom. The third-order valence-corrected chi connectivity index (χ3v) is 4.31. The number of sulfone groups is 1. The van der Waals surface area contributed by atoms with Gasteiger partial charge in [0.25, 0.3) is 0 Å². The molecule has 0 bridgehead atoms. The fourth-order valence-corrected chi connectivity index (χ4v) is 3.41. The van der Waals surface area contributed by atoms with Crippen LogP contribution in [0.4, 0.5) is 0 Å². The molecule has 1 aromatic heterocycles. The highest BCUT2D eigenvalue weighted by Crippen LogP contribution is 2.15. The summed E-state index contributed by atoms with van der Waals surface area (Å²) in [6.45, 7) is 2.72. The van der Waals surface area contributed by atoms with Crippen molar-refractivity contribution >= 4 is 20.9 Å². The van der Waals surface area contributed by atoms with Crippen LogP contribution in [0.15, 0.2) is 24.3 Å². The van der Waals surface area contributed by atoms with Crippen LogP contribution >= 0.6 is 0 Å². The van der Waals surface area contributed by atoms with Crippen LogP contribution in [0.3, 0.4) is 0 Å². The molecule has 6 heteroatoms. The van der Waals surface area contributed by atoms with Crippen LogP contribution in [0.1, 0.15) is 12.7 Å². The van der Waals surface area contributed by atoms with E-state index in [2.05, 4.69) is 10.3 Å². The first-order valence-electron chi connectivity index (χ1n) is 6.72. The van der Waals surface area contributed by atoms with Crippen molar-refractivity contribution in [3.05, 3.63) is 30.1 Å². The summed E-state index contributed by atoms with van der Waals surface area (Å²) in [4.78, 5) is 4.59. The predicted molar refractivity (Wildman–Crippen MR) is 81.6 cm³/mol. The van der Waals surface area contributed by atoms with Crippen molar-refractivity contribution in [2.24, 2.45) is 7.05 Å². The molecule has 0 aliphatic heterocycles. The maximum Gasteiger partial charge on any atom is 0.148 e. The molecule has 0 aliphatic carbocycles. The first-order chi connectivity index (χ1) is 9.40. The Labute approximate surface area is 119 Å². The van der Waals surface area contributed by atoms with Crippen molar-refractivity contribution in [2.75, 3.05) is 18.6 Å². The molecule has 0 amide bonds. The number of fused-ring (bicyclic) bond motifs is 1. The van der Waals surface area contributed by atoms with Crippen LogP contribution in [0.5, 0.6) is 0 Å². The Bertz CT molecular complexity index is 692. The molecular formula is C14H21N3O2S. The topological polar surface area (TPSA) is 64.0 Å². The lowest BCUT2D eigenvalue weighted by Crippen LogP contribution is -2.37. The Morgan fingerprint density at radius 3 is 2.65 bits per heavy atom. The van der Waals surface area contributed by atoms with Gasteiger partial charge >= 0.3 is 0 Å². The number of rotatable bonds is 6. The minimum atomic E-state index is -3.01. The van der Waals surface area contributed by atoms with E-state index in [4.69, 9.17) is 0 Å². The smallest absolute Gasteiger partial charge is 0.148 e. The molecule has 1 atom stereocenters. The molecule has 0 saturated carbocycles. The lowest BCUT2D eigenvalue weighted by molar-refractivity contribution is 0.531. The molecule has 110 valence electrons. The molecule has 5 nitrogen and oxygen atoms in total. The van der Waals surface area contributed by atoms with Crippen molar-refractivity contribution in [3.8, 4) is 0 Å². The van der Waals surface area contributed by atoms with Gasteiger partial charge in [-0.1, -0.05) is 19.1 Å². The van der Waals surface area contributed by atoms with E-state index in [0.717, 1.165) is 23.4 Å². The third-order valence-electron chi connectivity index (χ3n) is 3.31. The number of hydrogen-bond donors (Lipinski definition) is 1. The Hall–Kier alpha value is -1.40. The molecule has 0 spiro atoms. The lowest BCUT2D eigenvalue weighted by atomic mass is 10.2.